The Bertz CT molecular complexity index is 759. The first-order chi connectivity index (χ1) is 9.90. The molecular weight excluding hydrogens is 278 g/mol. The summed E-state index contributed by atoms with van der Waals surface area (Å²) in [5, 5.41) is 17.2. The SMILES string of the molecule is Cc1n[nH]c(=O)c(C(=O)NCc2ccc(C(=O)O)o2)c1C. The number of carboxylic acid groups (broad SMARTS) is 1. The van der Waals surface area contributed by atoms with E-state index < -0.39 is 17.4 Å². The molecule has 110 valence electrons. The monoisotopic (exact) mass is 291 g/mol. The molecule has 0 saturated carbocycles. The summed E-state index contributed by atoms with van der Waals surface area (Å²) in [6, 6.07) is 2.73. The van der Waals surface area contributed by atoms with Gasteiger partial charge >= 0.3 is 5.97 Å². The fourth-order valence-electron chi connectivity index (χ4n) is 1.74. The molecule has 0 spiro atoms. The number of rotatable bonds is 4. The van der Waals surface area contributed by atoms with E-state index in [1.807, 2.05) is 0 Å². The lowest BCUT2D eigenvalue weighted by Crippen LogP contribution is -2.31. The maximum Gasteiger partial charge on any atom is 0.371 e. The van der Waals surface area contributed by atoms with Crippen LogP contribution in [0.2, 0.25) is 0 Å². The zero-order valence-corrected chi connectivity index (χ0v) is 11.4. The van der Waals surface area contributed by atoms with Crippen molar-refractivity contribution in [3.05, 3.63) is 50.8 Å². The number of nitrogens with one attached hydrogen (secondary N) is 2. The van der Waals surface area contributed by atoms with Crippen LogP contribution in [0, 0.1) is 13.8 Å². The number of amides is 1. The van der Waals surface area contributed by atoms with Crippen LogP contribution in [-0.2, 0) is 6.54 Å². The predicted molar refractivity (Wildman–Crippen MR) is 71.2 cm³/mol. The number of carbonyl (C=O) groups excluding carboxylic acids is 1. The van der Waals surface area contributed by atoms with Gasteiger partial charge < -0.3 is 14.8 Å². The van der Waals surface area contributed by atoms with Crippen LogP contribution in [0.25, 0.3) is 0 Å². The zero-order chi connectivity index (χ0) is 15.6. The highest BCUT2D eigenvalue weighted by Crippen LogP contribution is 2.09. The molecule has 0 aliphatic rings. The number of carbonyl (C=O) groups is 2. The van der Waals surface area contributed by atoms with Gasteiger partial charge in [0.2, 0.25) is 5.76 Å². The molecule has 0 aromatic carbocycles. The Morgan fingerprint density at radius 1 is 1.38 bits per heavy atom. The second-order valence-electron chi connectivity index (χ2n) is 4.39. The van der Waals surface area contributed by atoms with Gasteiger partial charge in [0, 0.05) is 0 Å². The molecule has 2 aromatic rings. The van der Waals surface area contributed by atoms with Gasteiger partial charge in [0.1, 0.15) is 11.3 Å². The molecule has 21 heavy (non-hydrogen) atoms. The van der Waals surface area contributed by atoms with Crippen LogP contribution in [-0.4, -0.2) is 27.2 Å². The fraction of sp³-hybridized carbons (Fsp3) is 0.231. The maximum atomic E-state index is 12.0. The molecule has 0 saturated heterocycles. The molecule has 8 heteroatoms. The Kier molecular flexibility index (Phi) is 3.88. The van der Waals surface area contributed by atoms with Gasteiger partial charge in [0.25, 0.3) is 11.5 Å². The molecular formula is C13H13N3O5. The first-order valence-corrected chi connectivity index (χ1v) is 6.06. The molecule has 2 heterocycles. The molecule has 0 fully saturated rings. The minimum atomic E-state index is -1.19. The van der Waals surface area contributed by atoms with Crippen LogP contribution in [0.5, 0.6) is 0 Å². The molecule has 0 bridgehead atoms. The Labute approximate surface area is 118 Å². The van der Waals surface area contributed by atoms with Gasteiger partial charge in [-0.2, -0.15) is 5.10 Å². The van der Waals surface area contributed by atoms with E-state index in [0.717, 1.165) is 0 Å². The van der Waals surface area contributed by atoms with Crippen molar-refractivity contribution in [2.45, 2.75) is 20.4 Å². The van der Waals surface area contributed by atoms with Crippen molar-refractivity contribution < 1.29 is 19.1 Å². The summed E-state index contributed by atoms with van der Waals surface area (Å²) in [5.74, 6) is -1.70. The molecule has 0 aliphatic carbocycles. The molecule has 0 unspecified atom stereocenters. The van der Waals surface area contributed by atoms with Crippen molar-refractivity contribution in [1.82, 2.24) is 15.5 Å². The number of H-pyrrole nitrogens is 1. The quantitative estimate of drug-likeness (QED) is 0.757. The van der Waals surface area contributed by atoms with Gasteiger partial charge in [-0.05, 0) is 31.5 Å². The van der Waals surface area contributed by atoms with Gasteiger partial charge in [-0.25, -0.2) is 9.89 Å². The van der Waals surface area contributed by atoms with Crippen LogP contribution in [0.3, 0.4) is 0 Å². The van der Waals surface area contributed by atoms with Crippen molar-refractivity contribution >= 4 is 11.9 Å². The molecule has 1 amide bonds. The van der Waals surface area contributed by atoms with Crippen molar-refractivity contribution in [3.63, 3.8) is 0 Å². The summed E-state index contributed by atoms with van der Waals surface area (Å²) in [5.41, 5.74) is 0.432. The van der Waals surface area contributed by atoms with E-state index in [2.05, 4.69) is 15.5 Å². The molecule has 3 N–H and O–H groups in total. The Morgan fingerprint density at radius 2 is 2.10 bits per heavy atom. The highest BCUT2D eigenvalue weighted by molar-refractivity contribution is 5.95. The van der Waals surface area contributed by atoms with Crippen LogP contribution in [0.15, 0.2) is 21.3 Å². The minimum absolute atomic E-state index is 0.0208. The number of aromatic nitrogens is 2. The van der Waals surface area contributed by atoms with E-state index in [1.54, 1.807) is 13.8 Å². The number of aromatic amines is 1. The molecule has 0 atom stereocenters. The largest absolute Gasteiger partial charge is 0.475 e. The summed E-state index contributed by atoms with van der Waals surface area (Å²) < 4.78 is 5.00. The van der Waals surface area contributed by atoms with E-state index in [0.29, 0.717) is 11.3 Å². The van der Waals surface area contributed by atoms with Crippen LogP contribution >= 0.6 is 0 Å². The smallest absolute Gasteiger partial charge is 0.371 e. The molecule has 2 aromatic heterocycles. The Hall–Kier alpha value is -2.90. The van der Waals surface area contributed by atoms with Crippen molar-refractivity contribution in [3.8, 4) is 0 Å². The summed E-state index contributed by atoms with van der Waals surface area (Å²) in [6.07, 6.45) is 0. The molecule has 2 rings (SSSR count). The number of furan rings is 1. The van der Waals surface area contributed by atoms with Gasteiger partial charge in [0.15, 0.2) is 0 Å². The average molecular weight is 291 g/mol. The van der Waals surface area contributed by atoms with Gasteiger partial charge in [0.05, 0.1) is 12.2 Å². The minimum Gasteiger partial charge on any atom is -0.475 e. The lowest BCUT2D eigenvalue weighted by molar-refractivity contribution is 0.0660. The van der Waals surface area contributed by atoms with E-state index in [-0.39, 0.29) is 23.6 Å². The number of aryl methyl sites for hydroxylation is 1. The second-order valence-corrected chi connectivity index (χ2v) is 4.39. The number of hydrogen-bond acceptors (Lipinski definition) is 5. The third kappa shape index (κ3) is 2.99. The number of hydrogen-bond donors (Lipinski definition) is 3. The summed E-state index contributed by atoms with van der Waals surface area (Å²) in [6.45, 7) is 3.28. The molecule has 8 nitrogen and oxygen atoms in total. The molecule has 0 radical (unpaired) electrons. The van der Waals surface area contributed by atoms with Gasteiger partial charge in [-0.3, -0.25) is 9.59 Å². The number of nitrogens with zero attached hydrogens (tertiary/aromatic N) is 1. The normalized spacial score (nSPS) is 10.4. The van der Waals surface area contributed by atoms with Crippen LogP contribution in [0.4, 0.5) is 0 Å². The van der Waals surface area contributed by atoms with E-state index in [1.165, 1.54) is 12.1 Å². The summed E-state index contributed by atoms with van der Waals surface area (Å²) >= 11 is 0. The fourth-order valence-corrected chi connectivity index (χ4v) is 1.74. The Balaban J connectivity index is 2.13. The number of carboxylic acids is 1. The van der Waals surface area contributed by atoms with Crippen molar-refractivity contribution in [1.29, 1.82) is 0 Å². The standard InChI is InChI=1S/C13H13N3O5/c1-6-7(2)15-16-12(18)10(6)11(17)14-5-8-3-4-9(21-8)13(19)20/h3-4H,5H2,1-2H3,(H,14,17)(H,16,18)(H,19,20). The van der Waals surface area contributed by atoms with Crippen molar-refractivity contribution in [2.24, 2.45) is 0 Å². The van der Waals surface area contributed by atoms with Crippen LogP contribution in [0.1, 0.15) is 37.9 Å². The van der Waals surface area contributed by atoms with Crippen molar-refractivity contribution in [2.75, 3.05) is 0 Å². The van der Waals surface area contributed by atoms with E-state index in [9.17, 15) is 14.4 Å². The van der Waals surface area contributed by atoms with Gasteiger partial charge in [-0.1, -0.05) is 0 Å². The summed E-state index contributed by atoms with van der Waals surface area (Å²) in [4.78, 5) is 34.4. The van der Waals surface area contributed by atoms with Gasteiger partial charge in [-0.15, -0.1) is 0 Å². The van der Waals surface area contributed by atoms with E-state index in [4.69, 9.17) is 9.52 Å². The lowest BCUT2D eigenvalue weighted by atomic mass is 10.1. The zero-order valence-electron chi connectivity index (χ0n) is 11.4. The lowest BCUT2D eigenvalue weighted by Gasteiger charge is -2.06. The topological polar surface area (TPSA) is 125 Å². The predicted octanol–water partition coefficient (Wildman–Crippen LogP) is 0.608. The van der Waals surface area contributed by atoms with Crippen LogP contribution < -0.4 is 10.9 Å². The first-order valence-electron chi connectivity index (χ1n) is 6.06. The third-order valence-electron chi connectivity index (χ3n) is 2.99. The maximum absolute atomic E-state index is 12.0. The summed E-state index contributed by atoms with van der Waals surface area (Å²) in [7, 11) is 0. The van der Waals surface area contributed by atoms with E-state index >= 15 is 0 Å². The average Bonchev–Trinajstić information content (AvgIpc) is 2.90. The number of aromatic carboxylic acids is 1. The Morgan fingerprint density at radius 3 is 2.71 bits per heavy atom. The highest BCUT2D eigenvalue weighted by atomic mass is 16.4. The highest BCUT2D eigenvalue weighted by Gasteiger charge is 2.16. The molecule has 0 aliphatic heterocycles. The third-order valence-corrected chi connectivity index (χ3v) is 2.99. The first kappa shape index (κ1) is 14.5. The second kappa shape index (κ2) is 5.61.